The topological polar surface area (TPSA) is 91.0 Å². The SMILES string of the molecule is COC(=O)c1nn(C)c(C)c1NC(=O)CCc1c(C)nn(C)c1C. The van der Waals surface area contributed by atoms with E-state index in [1.165, 1.54) is 11.8 Å². The predicted molar refractivity (Wildman–Crippen MR) is 88.9 cm³/mol. The van der Waals surface area contributed by atoms with Crippen LogP contribution in [-0.4, -0.2) is 38.5 Å². The standard InChI is InChI=1S/C16H23N5O3/c1-9-12(10(2)20(4)18-9)7-8-13(22)17-14-11(3)21(5)19-15(14)16(23)24-6/h7-8H2,1-6H3,(H,17,22). The highest BCUT2D eigenvalue weighted by Crippen LogP contribution is 2.21. The average Bonchev–Trinajstić information content (AvgIpc) is 2.95. The maximum atomic E-state index is 12.3. The molecule has 0 saturated carbocycles. The number of nitrogens with one attached hydrogen (secondary N) is 1. The number of carbonyl (C=O) groups excluding carboxylic acids is 2. The molecule has 2 aromatic rings. The molecule has 24 heavy (non-hydrogen) atoms. The van der Waals surface area contributed by atoms with Crippen molar-refractivity contribution >= 4 is 17.6 Å². The Kier molecular flexibility index (Phi) is 5.06. The summed E-state index contributed by atoms with van der Waals surface area (Å²) in [6, 6.07) is 0. The summed E-state index contributed by atoms with van der Waals surface area (Å²) >= 11 is 0. The Balaban J connectivity index is 2.12. The Morgan fingerprint density at radius 1 is 1.08 bits per heavy atom. The third-order valence-electron chi connectivity index (χ3n) is 4.24. The van der Waals surface area contributed by atoms with E-state index < -0.39 is 5.97 Å². The number of carbonyl (C=O) groups is 2. The summed E-state index contributed by atoms with van der Waals surface area (Å²) in [5.74, 6) is -0.758. The molecule has 2 aromatic heterocycles. The molecule has 2 heterocycles. The van der Waals surface area contributed by atoms with Crippen molar-refractivity contribution in [1.82, 2.24) is 19.6 Å². The molecule has 0 aliphatic rings. The predicted octanol–water partition coefficient (Wildman–Crippen LogP) is 1.44. The van der Waals surface area contributed by atoms with Crippen LogP contribution in [-0.2, 0) is 30.0 Å². The van der Waals surface area contributed by atoms with Crippen LogP contribution in [0.4, 0.5) is 5.69 Å². The van der Waals surface area contributed by atoms with Gasteiger partial charge in [0.05, 0.1) is 24.2 Å². The van der Waals surface area contributed by atoms with Gasteiger partial charge in [-0.25, -0.2) is 4.79 Å². The van der Waals surface area contributed by atoms with Gasteiger partial charge in [0.25, 0.3) is 0 Å². The summed E-state index contributed by atoms with van der Waals surface area (Å²) in [6.45, 7) is 5.69. The second-order valence-electron chi connectivity index (χ2n) is 5.75. The molecule has 8 heteroatoms. The fraction of sp³-hybridized carbons (Fsp3) is 0.500. The summed E-state index contributed by atoms with van der Waals surface area (Å²) in [5, 5.41) is 11.2. The van der Waals surface area contributed by atoms with Crippen LogP contribution in [0.15, 0.2) is 0 Å². The molecule has 1 amide bonds. The Bertz CT molecular complexity index is 788. The lowest BCUT2D eigenvalue weighted by atomic mass is 10.1. The van der Waals surface area contributed by atoms with Crippen LogP contribution < -0.4 is 5.32 Å². The molecule has 0 radical (unpaired) electrons. The molecular formula is C16H23N5O3. The van der Waals surface area contributed by atoms with E-state index in [-0.39, 0.29) is 11.6 Å². The zero-order valence-electron chi connectivity index (χ0n) is 14.9. The van der Waals surface area contributed by atoms with Crippen LogP contribution in [0.2, 0.25) is 0 Å². The van der Waals surface area contributed by atoms with E-state index >= 15 is 0 Å². The average molecular weight is 333 g/mol. The normalized spacial score (nSPS) is 10.8. The highest BCUT2D eigenvalue weighted by atomic mass is 16.5. The third kappa shape index (κ3) is 3.32. The first kappa shape index (κ1) is 17.7. The van der Waals surface area contributed by atoms with E-state index in [0.29, 0.717) is 24.2 Å². The quantitative estimate of drug-likeness (QED) is 0.836. The summed E-state index contributed by atoms with van der Waals surface area (Å²) in [4.78, 5) is 24.1. The van der Waals surface area contributed by atoms with Gasteiger partial charge in [0.1, 0.15) is 0 Å². The Labute approximate surface area is 140 Å². The van der Waals surface area contributed by atoms with Gasteiger partial charge in [-0.2, -0.15) is 10.2 Å². The Morgan fingerprint density at radius 2 is 1.71 bits per heavy atom. The molecule has 0 aromatic carbocycles. The molecule has 0 aliphatic carbocycles. The van der Waals surface area contributed by atoms with E-state index in [2.05, 4.69) is 15.5 Å². The molecular weight excluding hydrogens is 310 g/mol. The molecule has 0 unspecified atom stereocenters. The van der Waals surface area contributed by atoms with Crippen molar-refractivity contribution < 1.29 is 14.3 Å². The summed E-state index contributed by atoms with van der Waals surface area (Å²) in [7, 11) is 4.87. The van der Waals surface area contributed by atoms with Crippen LogP contribution in [0.25, 0.3) is 0 Å². The maximum Gasteiger partial charge on any atom is 0.360 e. The van der Waals surface area contributed by atoms with Gasteiger partial charge in [0, 0.05) is 26.2 Å². The van der Waals surface area contributed by atoms with Gasteiger partial charge < -0.3 is 10.1 Å². The van der Waals surface area contributed by atoms with Crippen molar-refractivity contribution in [2.75, 3.05) is 12.4 Å². The van der Waals surface area contributed by atoms with Gasteiger partial charge in [-0.3, -0.25) is 14.2 Å². The van der Waals surface area contributed by atoms with Gasteiger partial charge in [0.15, 0.2) is 5.69 Å². The lowest BCUT2D eigenvalue weighted by Crippen LogP contribution is -2.16. The Morgan fingerprint density at radius 3 is 2.25 bits per heavy atom. The van der Waals surface area contributed by atoms with Crippen molar-refractivity contribution in [3.05, 3.63) is 28.3 Å². The largest absolute Gasteiger partial charge is 0.464 e. The first-order valence-electron chi connectivity index (χ1n) is 7.67. The summed E-state index contributed by atoms with van der Waals surface area (Å²) < 4.78 is 8.06. The lowest BCUT2D eigenvalue weighted by molar-refractivity contribution is -0.116. The van der Waals surface area contributed by atoms with Gasteiger partial charge in [-0.15, -0.1) is 0 Å². The maximum absolute atomic E-state index is 12.3. The van der Waals surface area contributed by atoms with Crippen LogP contribution >= 0.6 is 0 Å². The van der Waals surface area contributed by atoms with Gasteiger partial charge in [0.2, 0.25) is 5.91 Å². The minimum Gasteiger partial charge on any atom is -0.464 e. The van der Waals surface area contributed by atoms with Gasteiger partial charge in [-0.05, 0) is 32.8 Å². The number of aromatic nitrogens is 4. The van der Waals surface area contributed by atoms with Crippen LogP contribution in [0, 0.1) is 20.8 Å². The molecule has 0 saturated heterocycles. The highest BCUT2D eigenvalue weighted by molar-refractivity contribution is 6.00. The zero-order valence-corrected chi connectivity index (χ0v) is 14.9. The number of ether oxygens (including phenoxy) is 1. The zero-order chi connectivity index (χ0) is 18.0. The fourth-order valence-corrected chi connectivity index (χ4v) is 2.62. The van der Waals surface area contributed by atoms with Crippen molar-refractivity contribution in [2.24, 2.45) is 14.1 Å². The van der Waals surface area contributed by atoms with Crippen LogP contribution in [0.3, 0.4) is 0 Å². The highest BCUT2D eigenvalue weighted by Gasteiger charge is 2.22. The number of amides is 1. The number of methoxy groups -OCH3 is 1. The monoisotopic (exact) mass is 333 g/mol. The molecule has 0 fully saturated rings. The Hall–Kier alpha value is -2.64. The molecule has 130 valence electrons. The number of anilines is 1. The number of hydrogen-bond acceptors (Lipinski definition) is 5. The van der Waals surface area contributed by atoms with Crippen molar-refractivity contribution in [1.29, 1.82) is 0 Å². The molecule has 0 atom stereocenters. The lowest BCUT2D eigenvalue weighted by Gasteiger charge is -2.07. The van der Waals surface area contributed by atoms with Crippen LogP contribution in [0.5, 0.6) is 0 Å². The fourth-order valence-electron chi connectivity index (χ4n) is 2.62. The second-order valence-corrected chi connectivity index (χ2v) is 5.75. The van der Waals surface area contributed by atoms with Crippen LogP contribution in [0.1, 0.15) is 39.6 Å². The summed E-state index contributed by atoms with van der Waals surface area (Å²) in [5.41, 5.74) is 4.25. The first-order chi connectivity index (χ1) is 11.3. The van der Waals surface area contributed by atoms with Crippen molar-refractivity contribution in [3.8, 4) is 0 Å². The number of nitrogens with zero attached hydrogens (tertiary/aromatic N) is 4. The molecule has 8 nitrogen and oxygen atoms in total. The summed E-state index contributed by atoms with van der Waals surface area (Å²) in [6.07, 6.45) is 0.881. The smallest absolute Gasteiger partial charge is 0.360 e. The minimum absolute atomic E-state index is 0.111. The van der Waals surface area contributed by atoms with Crippen molar-refractivity contribution in [3.63, 3.8) is 0 Å². The van der Waals surface area contributed by atoms with E-state index in [0.717, 1.165) is 17.0 Å². The first-order valence-corrected chi connectivity index (χ1v) is 7.67. The van der Waals surface area contributed by atoms with Gasteiger partial charge >= 0.3 is 5.97 Å². The van der Waals surface area contributed by atoms with E-state index in [1.807, 2.05) is 25.6 Å². The van der Waals surface area contributed by atoms with E-state index in [4.69, 9.17) is 4.74 Å². The number of rotatable bonds is 5. The van der Waals surface area contributed by atoms with Crippen molar-refractivity contribution in [2.45, 2.75) is 33.6 Å². The molecule has 0 spiro atoms. The van der Waals surface area contributed by atoms with Gasteiger partial charge in [-0.1, -0.05) is 0 Å². The minimum atomic E-state index is -0.576. The number of aryl methyl sites for hydroxylation is 3. The number of esters is 1. The third-order valence-corrected chi connectivity index (χ3v) is 4.24. The molecule has 0 bridgehead atoms. The molecule has 0 aliphatic heterocycles. The molecule has 2 rings (SSSR count). The van der Waals surface area contributed by atoms with E-state index in [1.54, 1.807) is 14.0 Å². The second kappa shape index (κ2) is 6.86. The number of hydrogen-bond donors (Lipinski definition) is 1. The van der Waals surface area contributed by atoms with E-state index in [9.17, 15) is 9.59 Å². The molecule has 1 N–H and O–H groups in total.